The molecule has 0 atom stereocenters. The number of nitrogens with two attached hydrogens (primary N) is 1. The second kappa shape index (κ2) is 9.70. The topological polar surface area (TPSA) is 125 Å². The van der Waals surface area contributed by atoms with Gasteiger partial charge in [0.2, 0.25) is 5.76 Å². The predicted octanol–water partition coefficient (Wildman–Crippen LogP) is 3.79. The van der Waals surface area contributed by atoms with E-state index in [-0.39, 0.29) is 5.76 Å². The van der Waals surface area contributed by atoms with Gasteiger partial charge in [-0.3, -0.25) is 0 Å². The molecule has 0 spiro atoms. The van der Waals surface area contributed by atoms with Crippen LogP contribution in [0.3, 0.4) is 0 Å². The predicted molar refractivity (Wildman–Crippen MR) is 111 cm³/mol. The number of rotatable bonds is 7. The third kappa shape index (κ3) is 4.91. The molecule has 0 radical (unpaired) electrons. The number of para-hydroxylation sites is 1. The summed E-state index contributed by atoms with van der Waals surface area (Å²) in [6, 6.07) is 19.4. The molecule has 0 saturated heterocycles. The minimum Gasteiger partial charge on any atom is -0.475 e. The normalized spacial score (nSPS) is 10.6. The number of carboxylic acid groups (broad SMARTS) is 1. The van der Waals surface area contributed by atoms with Gasteiger partial charge in [-0.05, 0) is 42.3 Å². The molecular weight excluding hydrogens is 370 g/mol. The van der Waals surface area contributed by atoms with Crippen molar-refractivity contribution in [2.24, 2.45) is 5.90 Å². The van der Waals surface area contributed by atoms with E-state index in [1.165, 1.54) is 28.1 Å². The lowest BCUT2D eigenvalue weighted by atomic mass is 10.1. The first kappa shape index (κ1) is 20.3. The first-order valence-electron chi connectivity index (χ1n) is 9.15. The van der Waals surface area contributed by atoms with Crippen LogP contribution in [0.5, 0.6) is 0 Å². The fourth-order valence-electron chi connectivity index (χ4n) is 3.19. The van der Waals surface area contributed by atoms with E-state index < -0.39 is 5.97 Å². The van der Waals surface area contributed by atoms with Crippen LogP contribution >= 0.6 is 0 Å². The maximum Gasteiger partial charge on any atom is 0.371 e. The fraction of sp³-hybridized carbons (Fsp3) is 0.136. The molecule has 4 rings (SSSR count). The van der Waals surface area contributed by atoms with Gasteiger partial charge in [0.1, 0.15) is 5.76 Å². The van der Waals surface area contributed by atoms with Crippen LogP contribution in [0, 0.1) is 0 Å². The van der Waals surface area contributed by atoms with Crippen molar-refractivity contribution in [3.05, 3.63) is 83.7 Å². The lowest BCUT2D eigenvalue weighted by Gasteiger charge is -2.06. The fourth-order valence-corrected chi connectivity index (χ4v) is 3.19. The molecule has 0 amide bonds. The second-order valence-electron chi connectivity index (χ2n) is 6.45. The molecule has 0 aliphatic heterocycles. The Hall–Kier alpha value is -3.39. The number of fused-ring (bicyclic) bond motifs is 1. The van der Waals surface area contributed by atoms with E-state index >= 15 is 0 Å². The molecule has 4 aromatic rings. The van der Waals surface area contributed by atoms with E-state index in [1.54, 1.807) is 6.07 Å². The molecule has 2 aromatic carbocycles. The van der Waals surface area contributed by atoms with E-state index in [0.29, 0.717) is 5.76 Å². The summed E-state index contributed by atoms with van der Waals surface area (Å²) in [6.07, 6.45) is 3.04. The number of nitrogens with one attached hydrogen (secondary N) is 2. The van der Waals surface area contributed by atoms with E-state index in [4.69, 9.17) is 14.7 Å². The first-order valence-corrected chi connectivity index (χ1v) is 9.15. The van der Waals surface area contributed by atoms with E-state index in [1.807, 2.05) is 30.3 Å². The van der Waals surface area contributed by atoms with Gasteiger partial charge in [-0.2, -0.15) is 0 Å². The second-order valence-corrected chi connectivity index (χ2v) is 6.45. The summed E-state index contributed by atoms with van der Waals surface area (Å²) in [7, 11) is 0. The van der Waals surface area contributed by atoms with Gasteiger partial charge in [-0.1, -0.05) is 42.5 Å². The zero-order valence-corrected chi connectivity index (χ0v) is 15.8. The number of benzene rings is 2. The SMILES string of the molecule is NO.O=C(O)c1ccc(-c2ccc(CNCCc3c[nH]c4ccccc34)cc2)o1. The Morgan fingerprint density at radius 1 is 1.03 bits per heavy atom. The summed E-state index contributed by atoms with van der Waals surface area (Å²) >= 11 is 0. The molecular formula is C22H23N3O4. The van der Waals surface area contributed by atoms with Gasteiger partial charge in [0, 0.05) is 29.2 Å². The van der Waals surface area contributed by atoms with Crippen LogP contribution in [0.4, 0.5) is 0 Å². The van der Waals surface area contributed by atoms with Crippen molar-refractivity contribution in [2.75, 3.05) is 6.54 Å². The number of carbonyl (C=O) groups is 1. The van der Waals surface area contributed by atoms with E-state index in [0.717, 1.165) is 25.1 Å². The molecule has 0 fully saturated rings. The van der Waals surface area contributed by atoms with Crippen molar-refractivity contribution in [3.8, 4) is 11.3 Å². The highest BCUT2D eigenvalue weighted by Gasteiger charge is 2.10. The Morgan fingerprint density at radius 3 is 2.52 bits per heavy atom. The summed E-state index contributed by atoms with van der Waals surface area (Å²) in [5.41, 5.74) is 4.53. The van der Waals surface area contributed by atoms with Crippen molar-refractivity contribution in [1.29, 1.82) is 0 Å². The number of aromatic nitrogens is 1. The summed E-state index contributed by atoms with van der Waals surface area (Å²) in [4.78, 5) is 14.2. The van der Waals surface area contributed by atoms with Crippen molar-refractivity contribution in [3.63, 3.8) is 0 Å². The lowest BCUT2D eigenvalue weighted by Crippen LogP contribution is -2.16. The Bertz CT molecular complexity index is 1070. The maximum absolute atomic E-state index is 10.9. The third-order valence-corrected chi connectivity index (χ3v) is 4.63. The molecule has 0 bridgehead atoms. The molecule has 0 saturated carbocycles. The summed E-state index contributed by atoms with van der Waals surface area (Å²) in [6.45, 7) is 1.67. The minimum absolute atomic E-state index is 0.0481. The van der Waals surface area contributed by atoms with Crippen molar-refractivity contribution in [1.82, 2.24) is 10.3 Å². The number of hydrogen-bond donors (Lipinski definition) is 5. The van der Waals surface area contributed by atoms with Crippen molar-refractivity contribution < 1.29 is 19.5 Å². The number of carboxylic acids is 1. The average molecular weight is 393 g/mol. The Kier molecular flexibility index (Phi) is 6.80. The number of aromatic amines is 1. The number of hydrogen-bond acceptors (Lipinski definition) is 5. The zero-order chi connectivity index (χ0) is 20.6. The molecule has 29 heavy (non-hydrogen) atoms. The van der Waals surface area contributed by atoms with Gasteiger partial charge in [0.05, 0.1) is 0 Å². The molecule has 0 aliphatic carbocycles. The summed E-state index contributed by atoms with van der Waals surface area (Å²) in [5, 5.41) is 20.2. The van der Waals surface area contributed by atoms with Crippen LogP contribution in [0.1, 0.15) is 21.7 Å². The molecule has 0 aliphatic rings. The largest absolute Gasteiger partial charge is 0.475 e. The number of furan rings is 1. The molecule has 2 aromatic heterocycles. The Balaban J connectivity index is 0.00000117. The first-order chi connectivity index (χ1) is 14.2. The van der Waals surface area contributed by atoms with Crippen LogP contribution in [-0.2, 0) is 13.0 Å². The monoisotopic (exact) mass is 393 g/mol. The van der Waals surface area contributed by atoms with Gasteiger partial charge >= 0.3 is 5.97 Å². The third-order valence-electron chi connectivity index (χ3n) is 4.63. The highest BCUT2D eigenvalue weighted by atomic mass is 16.4. The molecule has 7 heteroatoms. The quantitative estimate of drug-likeness (QED) is 0.240. The number of H-pyrrole nitrogens is 1. The molecule has 150 valence electrons. The summed E-state index contributed by atoms with van der Waals surface area (Å²) in [5.74, 6) is 2.96. The van der Waals surface area contributed by atoms with Gasteiger partial charge in [-0.25, -0.2) is 10.7 Å². The Morgan fingerprint density at radius 2 is 1.79 bits per heavy atom. The van der Waals surface area contributed by atoms with Gasteiger partial charge < -0.3 is 25.0 Å². The van der Waals surface area contributed by atoms with E-state index in [2.05, 4.69) is 40.6 Å². The van der Waals surface area contributed by atoms with Crippen LogP contribution in [0.15, 0.2) is 71.3 Å². The maximum atomic E-state index is 10.9. The molecule has 2 heterocycles. The Labute approximate surface area is 167 Å². The molecule has 0 unspecified atom stereocenters. The van der Waals surface area contributed by atoms with Crippen LogP contribution in [0.2, 0.25) is 0 Å². The highest BCUT2D eigenvalue weighted by molar-refractivity contribution is 5.85. The van der Waals surface area contributed by atoms with Gasteiger partial charge in [-0.15, -0.1) is 0 Å². The number of aromatic carboxylic acids is 1. The highest BCUT2D eigenvalue weighted by Crippen LogP contribution is 2.23. The van der Waals surface area contributed by atoms with Gasteiger partial charge in [0.25, 0.3) is 0 Å². The smallest absolute Gasteiger partial charge is 0.371 e. The molecule has 7 nitrogen and oxygen atoms in total. The van der Waals surface area contributed by atoms with Crippen LogP contribution in [-0.4, -0.2) is 27.8 Å². The minimum atomic E-state index is -1.06. The lowest BCUT2D eigenvalue weighted by molar-refractivity contribution is 0.0663. The van der Waals surface area contributed by atoms with Crippen LogP contribution < -0.4 is 11.2 Å². The van der Waals surface area contributed by atoms with Crippen molar-refractivity contribution in [2.45, 2.75) is 13.0 Å². The summed E-state index contributed by atoms with van der Waals surface area (Å²) < 4.78 is 5.33. The van der Waals surface area contributed by atoms with Gasteiger partial charge in [0.15, 0.2) is 0 Å². The van der Waals surface area contributed by atoms with Crippen molar-refractivity contribution >= 4 is 16.9 Å². The van der Waals surface area contributed by atoms with Crippen LogP contribution in [0.25, 0.3) is 22.2 Å². The van der Waals surface area contributed by atoms with E-state index in [9.17, 15) is 4.79 Å². The molecule has 6 N–H and O–H groups in total. The standard InChI is InChI=1S/C22H20N2O3.H3NO/c25-22(26)21-10-9-20(27-21)16-7-5-15(6-8-16)13-23-12-11-17-14-24-19-4-2-1-3-18(17)19;1-2/h1-10,14,23-24H,11-13H2,(H,25,26);2H,1H2. The average Bonchev–Trinajstić information content (AvgIpc) is 3.41. The zero-order valence-electron chi connectivity index (χ0n) is 15.8.